The molecule has 0 aliphatic carbocycles. The van der Waals surface area contributed by atoms with E-state index in [1.807, 2.05) is 29.8 Å². The molecule has 0 radical (unpaired) electrons. The second-order valence-electron chi connectivity index (χ2n) is 5.93. The Morgan fingerprint density at radius 3 is 2.76 bits per heavy atom. The van der Waals surface area contributed by atoms with E-state index in [1.165, 1.54) is 32.4 Å². The van der Waals surface area contributed by atoms with E-state index >= 15 is 0 Å². The van der Waals surface area contributed by atoms with Gasteiger partial charge in [0, 0.05) is 18.2 Å². The van der Waals surface area contributed by atoms with Gasteiger partial charge in [0.2, 0.25) is 0 Å². The number of pyridine rings is 1. The first-order valence-corrected chi connectivity index (χ1v) is 7.80. The predicted octanol–water partition coefficient (Wildman–Crippen LogP) is 2.56. The van der Waals surface area contributed by atoms with Gasteiger partial charge in [0.25, 0.3) is 0 Å². The van der Waals surface area contributed by atoms with Gasteiger partial charge in [0.15, 0.2) is 5.82 Å². The first-order valence-electron chi connectivity index (χ1n) is 7.80. The van der Waals surface area contributed by atoms with Crippen molar-refractivity contribution in [3.05, 3.63) is 36.0 Å². The van der Waals surface area contributed by atoms with Crippen molar-refractivity contribution in [2.24, 2.45) is 0 Å². The topological polar surface area (TPSA) is 46.8 Å². The quantitative estimate of drug-likeness (QED) is 0.866. The van der Waals surface area contributed by atoms with E-state index in [-0.39, 0.29) is 0 Å². The number of aryl methyl sites for hydroxylation is 1. The van der Waals surface area contributed by atoms with E-state index in [9.17, 15) is 0 Å². The summed E-state index contributed by atoms with van der Waals surface area (Å²) in [5.41, 5.74) is 0.998. The van der Waals surface area contributed by atoms with Crippen LogP contribution >= 0.6 is 0 Å². The van der Waals surface area contributed by atoms with Gasteiger partial charge in [0.05, 0.1) is 0 Å². The lowest BCUT2D eigenvalue weighted by Crippen LogP contribution is -2.33. The van der Waals surface area contributed by atoms with Crippen LogP contribution in [-0.2, 0) is 0 Å². The molecule has 2 aromatic heterocycles. The van der Waals surface area contributed by atoms with Crippen LogP contribution in [0.3, 0.4) is 0 Å². The van der Waals surface area contributed by atoms with Crippen LogP contribution in [-0.4, -0.2) is 44.3 Å². The standard InChI is InChI=1S/C16H23N5/c1-13(11-20-9-4-3-5-10-20)16-17-12-18-21(16)15-8-6-7-14(2)19-15/h6-8,12-13H,3-5,9-11H2,1-2H3. The summed E-state index contributed by atoms with van der Waals surface area (Å²) in [6.07, 6.45) is 5.64. The number of hydrogen-bond acceptors (Lipinski definition) is 4. The van der Waals surface area contributed by atoms with Gasteiger partial charge >= 0.3 is 0 Å². The smallest absolute Gasteiger partial charge is 0.155 e. The zero-order valence-electron chi connectivity index (χ0n) is 12.9. The maximum Gasteiger partial charge on any atom is 0.155 e. The van der Waals surface area contributed by atoms with Crippen LogP contribution in [0.2, 0.25) is 0 Å². The Kier molecular flexibility index (Phi) is 4.29. The maximum atomic E-state index is 4.55. The zero-order chi connectivity index (χ0) is 14.7. The number of piperidine rings is 1. The average Bonchev–Trinajstić information content (AvgIpc) is 2.98. The monoisotopic (exact) mass is 285 g/mol. The second-order valence-corrected chi connectivity index (χ2v) is 5.93. The summed E-state index contributed by atoms with van der Waals surface area (Å²) in [6, 6.07) is 5.99. The molecule has 1 unspecified atom stereocenters. The molecule has 0 aromatic carbocycles. The Labute approximate surface area is 126 Å². The van der Waals surface area contributed by atoms with Gasteiger partial charge < -0.3 is 4.90 Å². The van der Waals surface area contributed by atoms with Gasteiger partial charge in [0.1, 0.15) is 12.2 Å². The molecule has 0 amide bonds. The van der Waals surface area contributed by atoms with E-state index < -0.39 is 0 Å². The number of hydrogen-bond donors (Lipinski definition) is 0. The van der Waals surface area contributed by atoms with Crippen LogP contribution in [0.5, 0.6) is 0 Å². The van der Waals surface area contributed by atoms with Gasteiger partial charge in [-0.15, -0.1) is 0 Å². The molecule has 5 nitrogen and oxygen atoms in total. The minimum absolute atomic E-state index is 0.355. The predicted molar refractivity (Wildman–Crippen MR) is 82.6 cm³/mol. The van der Waals surface area contributed by atoms with Crippen molar-refractivity contribution in [1.82, 2.24) is 24.6 Å². The van der Waals surface area contributed by atoms with Crippen molar-refractivity contribution >= 4 is 0 Å². The van der Waals surface area contributed by atoms with Crippen molar-refractivity contribution in [3.8, 4) is 5.82 Å². The fraction of sp³-hybridized carbons (Fsp3) is 0.562. The lowest BCUT2D eigenvalue weighted by Gasteiger charge is -2.28. The zero-order valence-corrected chi connectivity index (χ0v) is 12.9. The lowest BCUT2D eigenvalue weighted by molar-refractivity contribution is 0.216. The molecular weight excluding hydrogens is 262 g/mol. The largest absolute Gasteiger partial charge is 0.303 e. The summed E-state index contributed by atoms with van der Waals surface area (Å²) in [4.78, 5) is 11.6. The third-order valence-corrected chi connectivity index (χ3v) is 4.09. The third kappa shape index (κ3) is 3.29. The summed E-state index contributed by atoms with van der Waals surface area (Å²) >= 11 is 0. The van der Waals surface area contributed by atoms with Crippen LogP contribution in [0.25, 0.3) is 5.82 Å². The number of aromatic nitrogens is 4. The molecule has 1 atom stereocenters. The van der Waals surface area contributed by atoms with Crippen molar-refractivity contribution in [3.63, 3.8) is 0 Å². The van der Waals surface area contributed by atoms with E-state index in [0.717, 1.165) is 23.9 Å². The van der Waals surface area contributed by atoms with E-state index in [1.54, 1.807) is 6.33 Å². The van der Waals surface area contributed by atoms with Crippen LogP contribution < -0.4 is 0 Å². The lowest BCUT2D eigenvalue weighted by atomic mass is 10.1. The molecule has 1 saturated heterocycles. The maximum absolute atomic E-state index is 4.55. The molecule has 0 N–H and O–H groups in total. The molecule has 1 fully saturated rings. The Bertz CT molecular complexity index is 586. The Balaban J connectivity index is 1.78. The van der Waals surface area contributed by atoms with Crippen molar-refractivity contribution in [2.45, 2.75) is 39.0 Å². The molecule has 2 aromatic rings. The molecular formula is C16H23N5. The summed E-state index contributed by atoms with van der Waals surface area (Å²) < 4.78 is 1.88. The number of likely N-dealkylation sites (tertiary alicyclic amines) is 1. The van der Waals surface area contributed by atoms with Gasteiger partial charge in [-0.25, -0.2) is 9.97 Å². The molecule has 3 heterocycles. The first-order chi connectivity index (χ1) is 10.2. The molecule has 0 spiro atoms. The summed E-state index contributed by atoms with van der Waals surface area (Å²) in [5, 5.41) is 4.37. The number of nitrogens with zero attached hydrogens (tertiary/aromatic N) is 5. The molecule has 1 aliphatic heterocycles. The molecule has 5 heteroatoms. The summed E-state index contributed by atoms with van der Waals surface area (Å²) in [6.45, 7) is 7.69. The fourth-order valence-electron chi connectivity index (χ4n) is 3.02. The Morgan fingerprint density at radius 1 is 1.19 bits per heavy atom. The Morgan fingerprint density at radius 2 is 2.00 bits per heavy atom. The Hall–Kier alpha value is -1.75. The normalized spacial score (nSPS) is 17.8. The average molecular weight is 285 g/mol. The van der Waals surface area contributed by atoms with Crippen molar-refractivity contribution < 1.29 is 0 Å². The highest BCUT2D eigenvalue weighted by atomic mass is 15.4. The molecule has 0 saturated carbocycles. The fourth-order valence-corrected chi connectivity index (χ4v) is 3.02. The second kappa shape index (κ2) is 6.35. The van der Waals surface area contributed by atoms with E-state index in [0.29, 0.717) is 5.92 Å². The molecule has 112 valence electrons. The van der Waals surface area contributed by atoms with Crippen molar-refractivity contribution in [2.75, 3.05) is 19.6 Å². The van der Waals surface area contributed by atoms with Crippen LogP contribution in [0.4, 0.5) is 0 Å². The van der Waals surface area contributed by atoms with Crippen LogP contribution in [0.1, 0.15) is 43.6 Å². The van der Waals surface area contributed by atoms with Crippen LogP contribution in [0.15, 0.2) is 24.5 Å². The SMILES string of the molecule is Cc1cccc(-n2ncnc2C(C)CN2CCCCC2)n1. The van der Waals surface area contributed by atoms with Crippen LogP contribution in [0, 0.1) is 6.92 Å². The van der Waals surface area contributed by atoms with E-state index in [4.69, 9.17) is 0 Å². The number of rotatable bonds is 4. The first kappa shape index (κ1) is 14.2. The summed E-state index contributed by atoms with van der Waals surface area (Å²) in [7, 11) is 0. The third-order valence-electron chi connectivity index (χ3n) is 4.09. The van der Waals surface area contributed by atoms with E-state index in [2.05, 4.69) is 26.9 Å². The minimum Gasteiger partial charge on any atom is -0.303 e. The van der Waals surface area contributed by atoms with Gasteiger partial charge in [-0.3, -0.25) is 0 Å². The highest BCUT2D eigenvalue weighted by Gasteiger charge is 2.19. The van der Waals surface area contributed by atoms with Gasteiger partial charge in [-0.1, -0.05) is 19.4 Å². The molecule has 0 bridgehead atoms. The molecule has 3 rings (SSSR count). The van der Waals surface area contributed by atoms with Crippen molar-refractivity contribution in [1.29, 1.82) is 0 Å². The van der Waals surface area contributed by atoms with Gasteiger partial charge in [-0.2, -0.15) is 9.78 Å². The summed E-state index contributed by atoms with van der Waals surface area (Å²) in [5.74, 6) is 2.21. The minimum atomic E-state index is 0.355. The molecule has 1 aliphatic rings. The molecule has 21 heavy (non-hydrogen) atoms. The highest BCUT2D eigenvalue weighted by Crippen LogP contribution is 2.19. The highest BCUT2D eigenvalue weighted by molar-refractivity contribution is 5.25. The van der Waals surface area contributed by atoms with Gasteiger partial charge in [-0.05, 0) is 45.0 Å².